The second-order valence-corrected chi connectivity index (χ2v) is 7.15. The Morgan fingerprint density at radius 1 is 1.21 bits per heavy atom. The van der Waals surface area contributed by atoms with E-state index in [2.05, 4.69) is 0 Å². The van der Waals surface area contributed by atoms with Crippen molar-refractivity contribution in [2.24, 2.45) is 0 Å². The van der Waals surface area contributed by atoms with Gasteiger partial charge < -0.3 is 13.9 Å². The normalized spacial score (nSPS) is 11.1. The predicted molar refractivity (Wildman–Crippen MR) is 105 cm³/mol. The largest absolute Gasteiger partial charge is 0.466 e. The number of aromatic nitrogens is 1. The van der Waals surface area contributed by atoms with E-state index in [1.807, 2.05) is 0 Å². The van der Waals surface area contributed by atoms with Gasteiger partial charge in [-0.2, -0.15) is 0 Å². The number of thiazole rings is 1. The highest BCUT2D eigenvalue weighted by Crippen LogP contribution is 2.29. The number of carbonyl (C=O) groups excluding carboxylic acids is 2. The number of hydrogen-bond donors (Lipinski definition) is 0. The summed E-state index contributed by atoms with van der Waals surface area (Å²) in [4.78, 5) is 37.4. The van der Waals surface area contributed by atoms with E-state index < -0.39 is 17.2 Å². The van der Waals surface area contributed by atoms with Gasteiger partial charge in [0.1, 0.15) is 16.2 Å². The van der Waals surface area contributed by atoms with Crippen LogP contribution in [0.2, 0.25) is 5.02 Å². The monoisotopic (exact) mass is 425 g/mol. The Kier molecular flexibility index (Phi) is 6.00. The number of nitrogens with zero attached hydrogens (tertiary/aromatic N) is 1. The lowest BCUT2D eigenvalue weighted by Gasteiger charge is -2.11. The Morgan fingerprint density at radius 2 is 1.93 bits per heavy atom. The molecule has 1 aromatic carbocycles. The van der Waals surface area contributed by atoms with Crippen molar-refractivity contribution in [1.82, 2.24) is 4.40 Å². The molecular weight excluding hydrogens is 409 g/mol. The van der Waals surface area contributed by atoms with Crippen molar-refractivity contribution in [2.45, 2.75) is 26.7 Å². The second-order valence-electron chi connectivity index (χ2n) is 5.88. The summed E-state index contributed by atoms with van der Waals surface area (Å²) >= 11 is 7.10. The molecule has 3 aromatic rings. The first-order valence-corrected chi connectivity index (χ1v) is 9.91. The number of fused-ring (bicyclic) bond motifs is 3. The lowest BCUT2D eigenvalue weighted by molar-refractivity contribution is -0.143. The molecule has 0 saturated heterocycles. The van der Waals surface area contributed by atoms with Gasteiger partial charge in [0.15, 0.2) is 0 Å². The van der Waals surface area contributed by atoms with Gasteiger partial charge in [-0.25, -0.2) is 9.18 Å². The van der Waals surface area contributed by atoms with Gasteiger partial charge >= 0.3 is 11.9 Å². The van der Waals surface area contributed by atoms with Crippen LogP contribution in [0.5, 0.6) is 0 Å². The molecule has 0 spiro atoms. The Balaban J connectivity index is 2.28. The zero-order valence-corrected chi connectivity index (χ0v) is 16.8. The number of hydrogen-bond acceptors (Lipinski definition) is 6. The van der Waals surface area contributed by atoms with E-state index in [1.54, 1.807) is 23.6 Å². The molecule has 0 aliphatic rings. The Morgan fingerprint density at radius 3 is 2.61 bits per heavy atom. The van der Waals surface area contributed by atoms with E-state index in [0.29, 0.717) is 22.5 Å². The summed E-state index contributed by atoms with van der Waals surface area (Å²) in [5.41, 5.74) is 0.247. The van der Waals surface area contributed by atoms with Crippen LogP contribution < -0.4 is 5.43 Å². The summed E-state index contributed by atoms with van der Waals surface area (Å²) in [6.07, 6.45) is 0.436. The maximum absolute atomic E-state index is 14.0. The maximum atomic E-state index is 14.0. The molecule has 0 radical (unpaired) electrons. The van der Waals surface area contributed by atoms with Crippen LogP contribution in [0.25, 0.3) is 15.7 Å². The molecule has 6 nitrogen and oxygen atoms in total. The zero-order chi connectivity index (χ0) is 20.4. The van der Waals surface area contributed by atoms with Crippen LogP contribution >= 0.6 is 22.9 Å². The van der Waals surface area contributed by atoms with Crippen molar-refractivity contribution in [3.05, 3.63) is 49.8 Å². The van der Waals surface area contributed by atoms with Crippen molar-refractivity contribution in [3.8, 4) is 0 Å². The molecule has 0 atom stereocenters. The van der Waals surface area contributed by atoms with Crippen LogP contribution in [0.3, 0.4) is 0 Å². The van der Waals surface area contributed by atoms with E-state index in [4.69, 9.17) is 21.1 Å². The smallest absolute Gasteiger partial charge is 0.345 e. The highest BCUT2D eigenvalue weighted by atomic mass is 35.5. The lowest BCUT2D eigenvalue weighted by Crippen LogP contribution is -2.20. The molecule has 0 unspecified atom stereocenters. The molecule has 0 aliphatic carbocycles. The lowest BCUT2D eigenvalue weighted by atomic mass is 10.1. The highest BCUT2D eigenvalue weighted by Gasteiger charge is 2.23. The number of halogens is 2. The molecule has 148 valence electrons. The Hall–Kier alpha value is -2.45. The van der Waals surface area contributed by atoms with Crippen LogP contribution in [-0.2, 0) is 20.7 Å². The second kappa shape index (κ2) is 8.28. The first kappa shape index (κ1) is 20.3. The fourth-order valence-corrected chi connectivity index (χ4v) is 4.19. The number of carbonyl (C=O) groups is 2. The zero-order valence-electron chi connectivity index (χ0n) is 15.2. The molecule has 2 aromatic heterocycles. The minimum absolute atomic E-state index is 0.0123. The van der Waals surface area contributed by atoms with Gasteiger partial charge in [0.2, 0.25) is 5.43 Å². The van der Waals surface area contributed by atoms with Crippen molar-refractivity contribution in [3.63, 3.8) is 0 Å². The number of rotatable bonds is 6. The standard InChI is InChI=1S/C19H17ClFNO5S/c1-3-26-15(23)6-5-10-9-28-18-16(19(25)27-4-2)17(24)11-7-13(21)12(20)8-14(11)22(10)18/h7-9H,3-6H2,1-2H3. The van der Waals surface area contributed by atoms with Gasteiger partial charge in [0, 0.05) is 11.1 Å². The fourth-order valence-electron chi connectivity index (χ4n) is 2.95. The van der Waals surface area contributed by atoms with Gasteiger partial charge in [-0.3, -0.25) is 9.59 Å². The average Bonchev–Trinajstić information content (AvgIpc) is 3.06. The van der Waals surface area contributed by atoms with E-state index in [9.17, 15) is 18.8 Å². The summed E-state index contributed by atoms with van der Waals surface area (Å²) in [5.74, 6) is -1.90. The number of benzene rings is 1. The minimum Gasteiger partial charge on any atom is -0.466 e. The van der Waals surface area contributed by atoms with Gasteiger partial charge in [0.05, 0.1) is 35.6 Å². The fraction of sp³-hybridized carbons (Fsp3) is 0.316. The third kappa shape index (κ3) is 3.62. The van der Waals surface area contributed by atoms with Crippen molar-refractivity contribution in [1.29, 1.82) is 0 Å². The van der Waals surface area contributed by atoms with Crippen LogP contribution in [0.4, 0.5) is 4.39 Å². The first-order valence-electron chi connectivity index (χ1n) is 8.65. The van der Waals surface area contributed by atoms with Crippen molar-refractivity contribution in [2.75, 3.05) is 13.2 Å². The number of ether oxygens (including phenoxy) is 2. The molecule has 0 bridgehead atoms. The van der Waals surface area contributed by atoms with Crippen LogP contribution in [0, 0.1) is 5.82 Å². The highest BCUT2D eigenvalue weighted by molar-refractivity contribution is 7.16. The molecule has 0 fully saturated rings. The summed E-state index contributed by atoms with van der Waals surface area (Å²) in [7, 11) is 0. The van der Waals surface area contributed by atoms with Gasteiger partial charge in [-0.1, -0.05) is 11.6 Å². The molecule has 2 heterocycles. The van der Waals surface area contributed by atoms with Gasteiger partial charge in [-0.05, 0) is 32.4 Å². The minimum atomic E-state index is -0.777. The molecular formula is C19H17ClFNO5S. The molecule has 0 aliphatic heterocycles. The number of aryl methyl sites for hydroxylation is 1. The molecule has 0 N–H and O–H groups in total. The van der Waals surface area contributed by atoms with Crippen LogP contribution in [0.1, 0.15) is 36.3 Å². The third-order valence-corrected chi connectivity index (χ3v) is 5.42. The van der Waals surface area contributed by atoms with Crippen molar-refractivity contribution >= 4 is 50.6 Å². The van der Waals surface area contributed by atoms with Crippen LogP contribution in [0.15, 0.2) is 22.3 Å². The summed E-state index contributed by atoms with van der Waals surface area (Å²) < 4.78 is 25.6. The summed E-state index contributed by atoms with van der Waals surface area (Å²) in [6, 6.07) is 2.36. The predicted octanol–water partition coefficient (Wildman–Crippen LogP) is 3.98. The topological polar surface area (TPSA) is 74.1 Å². The summed E-state index contributed by atoms with van der Waals surface area (Å²) in [5, 5.41) is 1.61. The van der Waals surface area contributed by atoms with Crippen LogP contribution in [-0.4, -0.2) is 29.6 Å². The third-order valence-electron chi connectivity index (χ3n) is 4.13. The van der Waals surface area contributed by atoms with E-state index in [1.165, 1.54) is 17.4 Å². The van der Waals surface area contributed by atoms with E-state index in [-0.39, 0.29) is 41.6 Å². The number of pyridine rings is 1. The molecule has 0 saturated carbocycles. The molecule has 0 amide bonds. The maximum Gasteiger partial charge on any atom is 0.345 e. The SMILES string of the molecule is CCOC(=O)CCc1csc2c(C(=O)OCC)c(=O)c3cc(F)c(Cl)cc3n12. The van der Waals surface area contributed by atoms with Gasteiger partial charge in [-0.15, -0.1) is 11.3 Å². The molecule has 3 rings (SSSR count). The van der Waals surface area contributed by atoms with Crippen molar-refractivity contribution < 1.29 is 23.5 Å². The Labute approximate surface area is 168 Å². The van der Waals surface area contributed by atoms with E-state index in [0.717, 1.165) is 6.07 Å². The van der Waals surface area contributed by atoms with E-state index >= 15 is 0 Å². The number of esters is 2. The average molecular weight is 426 g/mol. The Bertz CT molecular complexity index is 1140. The quantitative estimate of drug-likeness (QED) is 0.558. The molecule has 9 heteroatoms. The summed E-state index contributed by atoms with van der Waals surface area (Å²) in [6.45, 7) is 3.73. The van der Waals surface area contributed by atoms with Gasteiger partial charge in [0.25, 0.3) is 0 Å². The first-order chi connectivity index (χ1) is 13.4. The molecule has 28 heavy (non-hydrogen) atoms.